The molecule has 0 amide bonds. The normalized spacial score (nSPS) is 13.7. The van der Waals surface area contributed by atoms with Crippen molar-refractivity contribution in [2.75, 3.05) is 26.8 Å². The Kier molecular flexibility index (Phi) is 9.28. The Hall–Kier alpha value is -2.83. The van der Waals surface area contributed by atoms with E-state index in [0.717, 1.165) is 78.9 Å². The van der Waals surface area contributed by atoms with Gasteiger partial charge in [-0.15, -0.1) is 0 Å². The standard InChI is InChI=1S/C31H42N2O4/c1-6-8-14-35-28-18-29(36-15-9-7-2)26(17-25(28)21(3)4)31-30(27(20-34)32-37-31)23-10-11-24-19-33(5)13-12-22(24)16-23/h10-11,16-18,21,34H,6-9,12-15,19-20H2,1-5H3. The molecule has 3 aromatic rings. The second kappa shape index (κ2) is 12.6. The molecule has 37 heavy (non-hydrogen) atoms. The fraction of sp³-hybridized carbons (Fsp3) is 0.516. The molecular formula is C31H42N2O4. The van der Waals surface area contributed by atoms with E-state index in [-0.39, 0.29) is 12.5 Å². The zero-order valence-electron chi connectivity index (χ0n) is 23.1. The number of likely N-dealkylation sites (N-methyl/N-ethyl adjacent to an activating group) is 1. The van der Waals surface area contributed by atoms with Crippen molar-refractivity contribution in [1.29, 1.82) is 0 Å². The van der Waals surface area contributed by atoms with E-state index < -0.39 is 0 Å². The second-order valence-corrected chi connectivity index (χ2v) is 10.4. The lowest BCUT2D eigenvalue weighted by molar-refractivity contribution is 0.267. The molecule has 6 nitrogen and oxygen atoms in total. The second-order valence-electron chi connectivity index (χ2n) is 10.4. The van der Waals surface area contributed by atoms with Gasteiger partial charge in [-0.1, -0.05) is 63.9 Å². The van der Waals surface area contributed by atoms with E-state index in [0.29, 0.717) is 24.7 Å². The van der Waals surface area contributed by atoms with Crippen LogP contribution < -0.4 is 9.47 Å². The first kappa shape index (κ1) is 27.2. The quantitative estimate of drug-likeness (QED) is 0.268. The number of benzene rings is 2. The van der Waals surface area contributed by atoms with E-state index in [9.17, 15) is 5.11 Å². The van der Waals surface area contributed by atoms with Crippen LogP contribution in [-0.4, -0.2) is 42.0 Å². The maximum Gasteiger partial charge on any atom is 0.178 e. The van der Waals surface area contributed by atoms with Gasteiger partial charge in [0.25, 0.3) is 0 Å². The van der Waals surface area contributed by atoms with E-state index in [4.69, 9.17) is 14.0 Å². The van der Waals surface area contributed by atoms with Crippen molar-refractivity contribution in [3.63, 3.8) is 0 Å². The number of ether oxygens (including phenoxy) is 2. The van der Waals surface area contributed by atoms with Crippen LogP contribution in [0.4, 0.5) is 0 Å². The average Bonchev–Trinajstić information content (AvgIpc) is 3.32. The molecule has 1 N–H and O–H groups in total. The summed E-state index contributed by atoms with van der Waals surface area (Å²) in [5, 5.41) is 14.5. The first-order valence-electron chi connectivity index (χ1n) is 13.8. The van der Waals surface area contributed by atoms with Gasteiger partial charge in [0.1, 0.15) is 17.2 Å². The summed E-state index contributed by atoms with van der Waals surface area (Å²) in [6.07, 6.45) is 5.10. The van der Waals surface area contributed by atoms with Crippen molar-refractivity contribution in [1.82, 2.24) is 10.1 Å². The van der Waals surface area contributed by atoms with Gasteiger partial charge in [-0.25, -0.2) is 0 Å². The van der Waals surface area contributed by atoms with E-state index in [1.54, 1.807) is 0 Å². The first-order chi connectivity index (χ1) is 18.0. The zero-order valence-corrected chi connectivity index (χ0v) is 23.1. The van der Waals surface area contributed by atoms with Crippen molar-refractivity contribution in [2.45, 2.75) is 78.9 Å². The lowest BCUT2D eigenvalue weighted by Gasteiger charge is -2.25. The van der Waals surface area contributed by atoms with Gasteiger partial charge in [0.05, 0.1) is 30.9 Å². The maximum atomic E-state index is 10.2. The van der Waals surface area contributed by atoms with Gasteiger partial charge < -0.3 is 24.0 Å². The Balaban J connectivity index is 1.84. The van der Waals surface area contributed by atoms with Crippen molar-refractivity contribution >= 4 is 0 Å². The minimum absolute atomic E-state index is 0.195. The van der Waals surface area contributed by atoms with Crippen LogP contribution in [0.15, 0.2) is 34.9 Å². The van der Waals surface area contributed by atoms with Crippen LogP contribution in [-0.2, 0) is 19.6 Å². The predicted molar refractivity (Wildman–Crippen MR) is 148 cm³/mol. The molecule has 1 aliphatic rings. The largest absolute Gasteiger partial charge is 0.493 e. The van der Waals surface area contributed by atoms with E-state index in [2.05, 4.69) is 69.1 Å². The Bertz CT molecular complexity index is 1180. The summed E-state index contributed by atoms with van der Waals surface area (Å²) in [4.78, 5) is 2.34. The topological polar surface area (TPSA) is 68.0 Å². The zero-order chi connectivity index (χ0) is 26.4. The number of aromatic nitrogens is 1. The van der Waals surface area contributed by atoms with Crippen LogP contribution in [0.1, 0.15) is 81.7 Å². The Morgan fingerprint density at radius 2 is 1.73 bits per heavy atom. The number of aliphatic hydroxyl groups is 1. The highest BCUT2D eigenvalue weighted by atomic mass is 16.5. The molecule has 200 valence electrons. The van der Waals surface area contributed by atoms with Crippen LogP contribution in [0.25, 0.3) is 22.5 Å². The highest BCUT2D eigenvalue weighted by Crippen LogP contribution is 2.44. The monoisotopic (exact) mass is 506 g/mol. The summed E-state index contributed by atoms with van der Waals surface area (Å²) >= 11 is 0. The fourth-order valence-electron chi connectivity index (χ4n) is 4.87. The van der Waals surface area contributed by atoms with Crippen LogP contribution in [0.3, 0.4) is 0 Å². The minimum Gasteiger partial charge on any atom is -0.493 e. The molecular weight excluding hydrogens is 464 g/mol. The lowest BCUT2D eigenvalue weighted by Crippen LogP contribution is -2.26. The van der Waals surface area contributed by atoms with Gasteiger partial charge in [0, 0.05) is 19.2 Å². The van der Waals surface area contributed by atoms with Gasteiger partial charge in [-0.2, -0.15) is 0 Å². The van der Waals surface area contributed by atoms with Gasteiger partial charge in [0.2, 0.25) is 0 Å². The summed E-state index contributed by atoms with van der Waals surface area (Å²) in [5.41, 5.74) is 7.03. The number of hydrogen-bond donors (Lipinski definition) is 1. The van der Waals surface area contributed by atoms with Crippen molar-refractivity contribution in [2.24, 2.45) is 0 Å². The van der Waals surface area contributed by atoms with Crippen molar-refractivity contribution in [3.05, 3.63) is 52.7 Å². The van der Waals surface area contributed by atoms with Crippen molar-refractivity contribution < 1.29 is 19.1 Å². The lowest BCUT2D eigenvalue weighted by atomic mass is 9.91. The summed E-state index contributed by atoms with van der Waals surface area (Å²) in [7, 11) is 2.15. The molecule has 2 heterocycles. The summed E-state index contributed by atoms with van der Waals surface area (Å²) in [6.45, 7) is 11.7. The molecule has 0 atom stereocenters. The molecule has 0 bridgehead atoms. The van der Waals surface area contributed by atoms with Crippen LogP contribution in [0, 0.1) is 0 Å². The third kappa shape index (κ3) is 6.19. The predicted octanol–water partition coefficient (Wildman–Crippen LogP) is 6.97. The molecule has 0 aliphatic carbocycles. The summed E-state index contributed by atoms with van der Waals surface area (Å²) in [5.74, 6) is 2.47. The Morgan fingerprint density at radius 3 is 2.41 bits per heavy atom. The first-order valence-corrected chi connectivity index (χ1v) is 13.8. The molecule has 0 unspecified atom stereocenters. The minimum atomic E-state index is -0.195. The number of rotatable bonds is 12. The van der Waals surface area contributed by atoms with Gasteiger partial charge in [-0.05, 0) is 60.5 Å². The molecule has 6 heteroatoms. The van der Waals surface area contributed by atoms with Crippen molar-refractivity contribution in [3.8, 4) is 33.9 Å². The number of hydrogen-bond acceptors (Lipinski definition) is 6. The number of nitrogens with zero attached hydrogens (tertiary/aromatic N) is 2. The Morgan fingerprint density at radius 1 is 1.00 bits per heavy atom. The molecule has 0 spiro atoms. The summed E-state index contributed by atoms with van der Waals surface area (Å²) < 4.78 is 18.5. The molecule has 0 radical (unpaired) electrons. The third-order valence-corrected chi connectivity index (χ3v) is 7.10. The SMILES string of the molecule is CCCCOc1cc(OCCCC)c(C(C)C)cc1-c1onc(CO)c1-c1ccc2c(c1)CCN(C)C2. The van der Waals surface area contributed by atoms with E-state index in [1.807, 2.05) is 6.07 Å². The molecule has 4 rings (SSSR count). The summed E-state index contributed by atoms with van der Waals surface area (Å²) in [6, 6.07) is 10.7. The molecule has 1 aromatic heterocycles. The highest BCUT2D eigenvalue weighted by Gasteiger charge is 2.26. The van der Waals surface area contributed by atoms with Crippen LogP contribution >= 0.6 is 0 Å². The Labute approximate surface area is 221 Å². The fourth-order valence-corrected chi connectivity index (χ4v) is 4.87. The molecule has 0 saturated heterocycles. The van der Waals surface area contributed by atoms with E-state index in [1.165, 1.54) is 11.1 Å². The third-order valence-electron chi connectivity index (χ3n) is 7.10. The number of unbranched alkanes of at least 4 members (excludes halogenated alkanes) is 2. The van der Waals surface area contributed by atoms with Crippen LogP contribution in [0.5, 0.6) is 11.5 Å². The molecule has 0 saturated carbocycles. The average molecular weight is 507 g/mol. The van der Waals surface area contributed by atoms with Gasteiger partial charge in [-0.3, -0.25) is 0 Å². The maximum absolute atomic E-state index is 10.2. The van der Waals surface area contributed by atoms with Gasteiger partial charge in [0.15, 0.2) is 5.76 Å². The van der Waals surface area contributed by atoms with Gasteiger partial charge >= 0.3 is 0 Å². The number of aliphatic hydroxyl groups excluding tert-OH is 1. The molecule has 1 aliphatic heterocycles. The smallest absolute Gasteiger partial charge is 0.178 e. The molecule has 0 fully saturated rings. The number of fused-ring (bicyclic) bond motifs is 1. The van der Waals surface area contributed by atoms with Crippen LogP contribution in [0.2, 0.25) is 0 Å². The highest BCUT2D eigenvalue weighted by molar-refractivity contribution is 5.85. The molecule has 2 aromatic carbocycles. The van der Waals surface area contributed by atoms with E-state index >= 15 is 0 Å².